The summed E-state index contributed by atoms with van der Waals surface area (Å²) in [5, 5.41) is 9.11. The first-order valence-corrected chi connectivity index (χ1v) is 8.08. The molecule has 114 valence electrons. The van der Waals surface area contributed by atoms with Crippen LogP contribution in [0.2, 0.25) is 0 Å². The highest BCUT2D eigenvalue weighted by atomic mass is 32.2. The number of carbonyl (C=O) groups is 1. The summed E-state index contributed by atoms with van der Waals surface area (Å²) in [5.41, 5.74) is -0.587. The second kappa shape index (κ2) is 5.97. The predicted octanol–water partition coefficient (Wildman–Crippen LogP) is 2.06. The predicted molar refractivity (Wildman–Crippen MR) is 76.4 cm³/mol. The van der Waals surface area contributed by atoms with E-state index in [1.54, 1.807) is 13.8 Å². The van der Waals surface area contributed by atoms with E-state index in [1.165, 1.54) is 16.8 Å². The van der Waals surface area contributed by atoms with E-state index in [-0.39, 0.29) is 10.6 Å². The van der Waals surface area contributed by atoms with Crippen molar-refractivity contribution in [2.45, 2.75) is 57.5 Å². The molecular weight excluding hydrogens is 280 g/mol. The molecule has 1 aromatic rings. The number of hydrogen-bond donors (Lipinski definition) is 2. The maximum Gasteiger partial charge on any atom is 0.352 e. The minimum Gasteiger partial charge on any atom is -0.477 e. The van der Waals surface area contributed by atoms with Crippen molar-refractivity contribution in [2.24, 2.45) is 0 Å². The zero-order chi connectivity index (χ0) is 15.6. The van der Waals surface area contributed by atoms with E-state index in [1.807, 2.05) is 13.8 Å². The van der Waals surface area contributed by atoms with Gasteiger partial charge < -0.3 is 9.67 Å². The van der Waals surface area contributed by atoms with Gasteiger partial charge in [0.05, 0.1) is 0 Å². The van der Waals surface area contributed by atoms with Crippen LogP contribution in [-0.4, -0.2) is 29.6 Å². The number of aromatic nitrogens is 1. The molecule has 0 aromatic carbocycles. The van der Waals surface area contributed by atoms with Crippen LogP contribution >= 0.6 is 0 Å². The molecule has 0 radical (unpaired) electrons. The summed E-state index contributed by atoms with van der Waals surface area (Å²) < 4.78 is 28.6. The summed E-state index contributed by atoms with van der Waals surface area (Å²) >= 11 is 0. The van der Waals surface area contributed by atoms with Crippen molar-refractivity contribution in [2.75, 3.05) is 0 Å². The topological polar surface area (TPSA) is 88.4 Å². The quantitative estimate of drug-likeness (QED) is 0.807. The second-order valence-corrected chi connectivity index (χ2v) is 7.08. The SMILES string of the molecule is CCCn1cc(S(=O)(=O)NC(C)(C)CC)cc1C(=O)O. The molecule has 0 aliphatic carbocycles. The van der Waals surface area contributed by atoms with Gasteiger partial charge in [0.2, 0.25) is 10.0 Å². The van der Waals surface area contributed by atoms with Crippen LogP contribution in [0.4, 0.5) is 0 Å². The second-order valence-electron chi connectivity index (χ2n) is 5.40. The Morgan fingerprint density at radius 3 is 2.45 bits per heavy atom. The molecule has 20 heavy (non-hydrogen) atoms. The van der Waals surface area contributed by atoms with Crippen LogP contribution in [0.15, 0.2) is 17.2 Å². The van der Waals surface area contributed by atoms with Crippen molar-refractivity contribution in [3.05, 3.63) is 18.0 Å². The van der Waals surface area contributed by atoms with Gasteiger partial charge in [0.25, 0.3) is 0 Å². The van der Waals surface area contributed by atoms with Gasteiger partial charge in [-0.2, -0.15) is 0 Å². The molecule has 0 saturated carbocycles. The van der Waals surface area contributed by atoms with E-state index in [4.69, 9.17) is 5.11 Å². The first-order chi connectivity index (χ1) is 9.13. The third kappa shape index (κ3) is 3.83. The van der Waals surface area contributed by atoms with Crippen molar-refractivity contribution in [3.63, 3.8) is 0 Å². The van der Waals surface area contributed by atoms with Crippen molar-refractivity contribution in [3.8, 4) is 0 Å². The molecule has 0 aliphatic heterocycles. The molecule has 0 saturated heterocycles. The number of carboxylic acid groups (broad SMARTS) is 1. The molecule has 0 atom stereocenters. The van der Waals surface area contributed by atoms with E-state index in [0.717, 1.165) is 6.42 Å². The minimum atomic E-state index is -3.72. The third-order valence-electron chi connectivity index (χ3n) is 3.16. The van der Waals surface area contributed by atoms with Crippen LogP contribution in [0.3, 0.4) is 0 Å². The smallest absolute Gasteiger partial charge is 0.352 e. The Kier molecular flexibility index (Phi) is 4.99. The van der Waals surface area contributed by atoms with Gasteiger partial charge in [0.15, 0.2) is 0 Å². The molecule has 7 heteroatoms. The average molecular weight is 302 g/mol. The molecule has 0 fully saturated rings. The molecule has 1 rings (SSSR count). The molecular formula is C13H22N2O4S. The average Bonchev–Trinajstić information content (AvgIpc) is 2.73. The fourth-order valence-electron chi connectivity index (χ4n) is 1.73. The number of nitrogens with one attached hydrogen (secondary N) is 1. The number of sulfonamides is 1. The van der Waals surface area contributed by atoms with Gasteiger partial charge in [-0.1, -0.05) is 13.8 Å². The summed E-state index contributed by atoms with van der Waals surface area (Å²) in [6, 6.07) is 1.20. The van der Waals surface area contributed by atoms with Gasteiger partial charge in [-0.05, 0) is 32.8 Å². The lowest BCUT2D eigenvalue weighted by Crippen LogP contribution is -2.42. The largest absolute Gasteiger partial charge is 0.477 e. The van der Waals surface area contributed by atoms with Gasteiger partial charge in [0.1, 0.15) is 10.6 Å². The number of aryl methyl sites for hydroxylation is 1. The summed E-state index contributed by atoms with van der Waals surface area (Å²) in [4.78, 5) is 11.1. The van der Waals surface area contributed by atoms with Gasteiger partial charge in [-0.3, -0.25) is 0 Å². The Bertz CT molecular complexity index is 588. The lowest BCUT2D eigenvalue weighted by Gasteiger charge is -2.23. The Labute approximate surface area is 119 Å². The Balaban J connectivity index is 3.19. The molecule has 1 heterocycles. The molecule has 0 unspecified atom stereocenters. The third-order valence-corrected chi connectivity index (χ3v) is 4.83. The number of rotatable bonds is 7. The first-order valence-electron chi connectivity index (χ1n) is 6.60. The van der Waals surface area contributed by atoms with E-state index < -0.39 is 21.5 Å². The summed E-state index contributed by atoms with van der Waals surface area (Å²) in [5.74, 6) is -1.13. The summed E-state index contributed by atoms with van der Waals surface area (Å²) in [6.07, 6.45) is 2.73. The fraction of sp³-hybridized carbons (Fsp3) is 0.615. The number of hydrogen-bond acceptors (Lipinski definition) is 3. The van der Waals surface area contributed by atoms with Crippen LogP contribution in [0, 0.1) is 0 Å². The summed E-state index contributed by atoms with van der Waals surface area (Å²) in [6.45, 7) is 7.82. The van der Waals surface area contributed by atoms with E-state index in [2.05, 4.69) is 4.72 Å². The van der Waals surface area contributed by atoms with Crippen LogP contribution in [-0.2, 0) is 16.6 Å². The van der Waals surface area contributed by atoms with Crippen LogP contribution < -0.4 is 4.72 Å². The molecule has 1 aromatic heterocycles. The van der Waals surface area contributed by atoms with Gasteiger partial charge in [-0.15, -0.1) is 0 Å². The molecule has 0 spiro atoms. The van der Waals surface area contributed by atoms with Gasteiger partial charge in [-0.25, -0.2) is 17.9 Å². The highest BCUT2D eigenvalue weighted by molar-refractivity contribution is 7.89. The monoisotopic (exact) mass is 302 g/mol. The molecule has 6 nitrogen and oxygen atoms in total. The van der Waals surface area contributed by atoms with Crippen LogP contribution in [0.25, 0.3) is 0 Å². The van der Waals surface area contributed by atoms with E-state index in [0.29, 0.717) is 13.0 Å². The molecule has 0 bridgehead atoms. The highest BCUT2D eigenvalue weighted by Gasteiger charge is 2.27. The fourth-order valence-corrected chi connectivity index (χ4v) is 3.25. The lowest BCUT2D eigenvalue weighted by atomic mass is 10.0. The Hall–Kier alpha value is -1.34. The van der Waals surface area contributed by atoms with E-state index in [9.17, 15) is 13.2 Å². The highest BCUT2D eigenvalue weighted by Crippen LogP contribution is 2.18. The van der Waals surface area contributed by atoms with Crippen LogP contribution in [0.5, 0.6) is 0 Å². The van der Waals surface area contributed by atoms with Crippen LogP contribution in [0.1, 0.15) is 51.0 Å². The number of nitrogens with zero attached hydrogens (tertiary/aromatic N) is 1. The van der Waals surface area contributed by atoms with Crippen molar-refractivity contribution < 1.29 is 18.3 Å². The van der Waals surface area contributed by atoms with Gasteiger partial charge in [0, 0.05) is 18.3 Å². The van der Waals surface area contributed by atoms with Crippen molar-refractivity contribution in [1.29, 1.82) is 0 Å². The molecule has 0 aliphatic rings. The maximum atomic E-state index is 12.3. The van der Waals surface area contributed by atoms with E-state index >= 15 is 0 Å². The maximum absolute atomic E-state index is 12.3. The Morgan fingerprint density at radius 2 is 2.00 bits per heavy atom. The minimum absolute atomic E-state index is 0.00937. The molecule has 0 amide bonds. The standard InChI is InChI=1S/C13H22N2O4S/c1-5-7-15-9-10(8-11(15)12(16)17)20(18,19)14-13(3,4)6-2/h8-9,14H,5-7H2,1-4H3,(H,16,17). The van der Waals surface area contributed by atoms with Gasteiger partial charge >= 0.3 is 5.97 Å². The number of carboxylic acids is 1. The zero-order valence-electron chi connectivity index (χ0n) is 12.3. The lowest BCUT2D eigenvalue weighted by molar-refractivity contribution is 0.0685. The Morgan fingerprint density at radius 1 is 1.40 bits per heavy atom. The summed E-state index contributed by atoms with van der Waals surface area (Å²) in [7, 11) is -3.72. The molecule has 2 N–H and O–H groups in total. The first kappa shape index (κ1) is 16.7. The normalized spacial score (nSPS) is 12.6. The zero-order valence-corrected chi connectivity index (χ0v) is 13.1. The number of aromatic carboxylic acids is 1. The van der Waals surface area contributed by atoms with Crippen molar-refractivity contribution >= 4 is 16.0 Å². The van der Waals surface area contributed by atoms with Crippen molar-refractivity contribution in [1.82, 2.24) is 9.29 Å².